The Hall–Kier alpha value is -4.44. The summed E-state index contributed by atoms with van der Waals surface area (Å²) in [4.78, 5) is 28.8. The van der Waals surface area contributed by atoms with Crippen molar-refractivity contribution in [3.63, 3.8) is 0 Å². The molecule has 180 valence electrons. The van der Waals surface area contributed by atoms with Crippen LogP contribution in [0, 0.1) is 0 Å². The molecule has 5 aromatic rings. The van der Waals surface area contributed by atoms with E-state index in [-0.39, 0.29) is 11.6 Å². The fourth-order valence-corrected chi connectivity index (χ4v) is 4.76. The smallest absolute Gasteiger partial charge is 0.284 e. The Balaban J connectivity index is 1.51. The van der Waals surface area contributed by atoms with Crippen molar-refractivity contribution in [2.75, 3.05) is 24.3 Å². The second-order valence-corrected chi connectivity index (χ2v) is 8.74. The Morgan fingerprint density at radius 2 is 1.92 bits per heavy atom. The number of para-hydroxylation sites is 1. The van der Waals surface area contributed by atoms with E-state index in [4.69, 9.17) is 27.2 Å². The second kappa shape index (κ2) is 8.65. The standard InChI is InChI=1S/C25H21ClN8O2/c1-36-19-8-7-15(13-28-19)20-22(27)29-14-30-24(20)32-11-10-18(32)23-31-33-12-9-17(26)21(33)25(35)34(23)16-5-3-2-4-6-16/h2-9,12-14,18H,10-11H2,1H3,(H2,27,29,30). The van der Waals surface area contributed by atoms with Gasteiger partial charge in [0.05, 0.1) is 29.4 Å². The Morgan fingerprint density at radius 1 is 1.08 bits per heavy atom. The van der Waals surface area contributed by atoms with Crippen molar-refractivity contribution in [3.8, 4) is 22.7 Å². The van der Waals surface area contributed by atoms with Crippen molar-refractivity contribution in [2.24, 2.45) is 0 Å². The van der Waals surface area contributed by atoms with Gasteiger partial charge in [-0.05, 0) is 30.7 Å². The molecule has 11 heteroatoms. The Labute approximate surface area is 210 Å². The van der Waals surface area contributed by atoms with E-state index < -0.39 is 0 Å². The van der Waals surface area contributed by atoms with Gasteiger partial charge >= 0.3 is 0 Å². The van der Waals surface area contributed by atoms with Gasteiger partial charge in [0.15, 0.2) is 5.82 Å². The largest absolute Gasteiger partial charge is 0.481 e. The van der Waals surface area contributed by atoms with Gasteiger partial charge in [-0.1, -0.05) is 29.8 Å². The molecule has 0 spiro atoms. The monoisotopic (exact) mass is 500 g/mol. The highest BCUT2D eigenvalue weighted by Crippen LogP contribution is 2.42. The molecule has 36 heavy (non-hydrogen) atoms. The lowest BCUT2D eigenvalue weighted by atomic mass is 9.99. The van der Waals surface area contributed by atoms with E-state index in [0.717, 1.165) is 12.0 Å². The Kier molecular flexibility index (Phi) is 5.30. The van der Waals surface area contributed by atoms with Crippen LogP contribution >= 0.6 is 11.6 Å². The SMILES string of the molecule is COc1ccc(-c2c(N)ncnc2N2CCC2c2nn3ccc(Cl)c3c(=O)n2-c2ccccc2)cn1. The first-order valence-corrected chi connectivity index (χ1v) is 11.7. The van der Waals surface area contributed by atoms with Crippen LogP contribution in [0.4, 0.5) is 11.6 Å². The van der Waals surface area contributed by atoms with Gasteiger partial charge in [-0.3, -0.25) is 9.36 Å². The van der Waals surface area contributed by atoms with Crippen molar-refractivity contribution in [3.05, 3.63) is 88.5 Å². The number of nitrogens with zero attached hydrogens (tertiary/aromatic N) is 7. The third kappa shape index (κ3) is 3.45. The van der Waals surface area contributed by atoms with Crippen molar-refractivity contribution >= 4 is 28.8 Å². The number of ether oxygens (including phenoxy) is 1. The summed E-state index contributed by atoms with van der Waals surface area (Å²) in [7, 11) is 1.56. The summed E-state index contributed by atoms with van der Waals surface area (Å²) < 4.78 is 8.35. The maximum atomic E-state index is 13.7. The third-order valence-corrected chi connectivity index (χ3v) is 6.66. The molecule has 0 radical (unpaired) electrons. The fraction of sp³-hybridized carbons (Fsp3) is 0.160. The molecule has 0 amide bonds. The maximum absolute atomic E-state index is 13.7. The molecule has 1 aliphatic rings. The number of halogens is 1. The predicted molar refractivity (Wildman–Crippen MR) is 137 cm³/mol. The number of anilines is 2. The minimum absolute atomic E-state index is 0.234. The third-order valence-electron chi connectivity index (χ3n) is 6.36. The average molecular weight is 501 g/mol. The van der Waals surface area contributed by atoms with Gasteiger partial charge in [0, 0.05) is 30.6 Å². The van der Waals surface area contributed by atoms with Crippen molar-refractivity contribution in [1.82, 2.24) is 29.1 Å². The van der Waals surface area contributed by atoms with Crippen molar-refractivity contribution < 1.29 is 4.74 Å². The summed E-state index contributed by atoms with van der Waals surface area (Å²) in [5.74, 6) is 2.05. The number of fused-ring (bicyclic) bond motifs is 1. The molecule has 0 bridgehead atoms. The molecule has 0 saturated carbocycles. The number of rotatable bonds is 5. The quantitative estimate of drug-likeness (QED) is 0.389. The maximum Gasteiger partial charge on any atom is 0.284 e. The van der Waals surface area contributed by atoms with Gasteiger partial charge in [0.25, 0.3) is 5.56 Å². The number of nitrogens with two attached hydrogens (primary N) is 1. The van der Waals surface area contributed by atoms with E-state index >= 15 is 0 Å². The lowest BCUT2D eigenvalue weighted by Gasteiger charge is -2.42. The van der Waals surface area contributed by atoms with Gasteiger partial charge in [0.1, 0.15) is 23.5 Å². The topological polar surface area (TPSA) is 116 Å². The summed E-state index contributed by atoms with van der Waals surface area (Å²) in [5, 5.41) is 5.18. The normalized spacial score (nSPS) is 15.2. The van der Waals surface area contributed by atoms with Crippen LogP contribution in [-0.2, 0) is 0 Å². The molecule has 1 aliphatic heterocycles. The number of aromatic nitrogens is 6. The number of methoxy groups -OCH3 is 1. The number of hydrogen-bond donors (Lipinski definition) is 1. The van der Waals surface area contributed by atoms with E-state index in [1.807, 2.05) is 36.4 Å². The summed E-state index contributed by atoms with van der Waals surface area (Å²) in [5.41, 5.74) is 8.53. The van der Waals surface area contributed by atoms with E-state index in [1.54, 1.807) is 40.7 Å². The van der Waals surface area contributed by atoms with Gasteiger partial charge < -0.3 is 15.4 Å². The minimum Gasteiger partial charge on any atom is -0.481 e. The highest BCUT2D eigenvalue weighted by Gasteiger charge is 2.37. The van der Waals surface area contributed by atoms with Crippen LogP contribution in [0.1, 0.15) is 18.3 Å². The molecule has 2 N–H and O–H groups in total. The lowest BCUT2D eigenvalue weighted by Crippen LogP contribution is -2.45. The molecule has 6 rings (SSSR count). The van der Waals surface area contributed by atoms with Gasteiger partial charge in [-0.2, -0.15) is 5.10 Å². The highest BCUT2D eigenvalue weighted by atomic mass is 35.5. The number of pyridine rings is 1. The van der Waals surface area contributed by atoms with Crippen molar-refractivity contribution in [2.45, 2.75) is 12.5 Å². The molecule has 0 aliphatic carbocycles. The molecule has 1 unspecified atom stereocenters. The molecule has 4 aromatic heterocycles. The zero-order chi connectivity index (χ0) is 24.8. The molecular formula is C25H21ClN8O2. The Morgan fingerprint density at radius 3 is 2.61 bits per heavy atom. The van der Waals surface area contributed by atoms with Gasteiger partial charge in [-0.15, -0.1) is 0 Å². The Bertz CT molecular complexity index is 1630. The summed E-state index contributed by atoms with van der Waals surface area (Å²) >= 11 is 6.34. The van der Waals surface area contributed by atoms with E-state index in [1.165, 1.54) is 6.33 Å². The fourth-order valence-electron chi connectivity index (χ4n) is 4.53. The lowest BCUT2D eigenvalue weighted by molar-refractivity contribution is 0.398. The first-order chi connectivity index (χ1) is 17.6. The summed E-state index contributed by atoms with van der Waals surface area (Å²) in [6, 6.07) is 14.5. The molecule has 1 fully saturated rings. The molecule has 1 saturated heterocycles. The molecule has 10 nitrogen and oxygen atoms in total. The predicted octanol–water partition coefficient (Wildman–Crippen LogP) is 3.53. The highest BCUT2D eigenvalue weighted by molar-refractivity contribution is 6.33. The molecule has 1 atom stereocenters. The van der Waals surface area contributed by atoms with Crippen LogP contribution in [-0.4, -0.2) is 42.8 Å². The van der Waals surface area contributed by atoms with Crippen LogP contribution in [0.25, 0.3) is 22.3 Å². The first kappa shape index (κ1) is 22.1. The number of nitrogen functional groups attached to an aromatic ring is 1. The zero-order valence-electron chi connectivity index (χ0n) is 19.2. The van der Waals surface area contributed by atoms with Crippen LogP contribution in [0.5, 0.6) is 5.88 Å². The van der Waals surface area contributed by atoms with Crippen LogP contribution in [0.3, 0.4) is 0 Å². The second-order valence-electron chi connectivity index (χ2n) is 8.34. The van der Waals surface area contributed by atoms with Crippen LogP contribution < -0.4 is 20.9 Å². The molecular weight excluding hydrogens is 480 g/mol. The minimum atomic E-state index is -0.241. The van der Waals surface area contributed by atoms with Gasteiger partial charge in [-0.25, -0.2) is 19.5 Å². The summed E-state index contributed by atoms with van der Waals surface area (Å²) in [6.07, 6.45) is 5.58. The number of hydrogen-bond acceptors (Lipinski definition) is 8. The van der Waals surface area contributed by atoms with E-state index in [0.29, 0.717) is 51.7 Å². The van der Waals surface area contributed by atoms with Crippen LogP contribution in [0.15, 0.2) is 72.0 Å². The molecule has 5 heterocycles. The summed E-state index contributed by atoms with van der Waals surface area (Å²) in [6.45, 7) is 0.701. The first-order valence-electron chi connectivity index (χ1n) is 11.3. The average Bonchev–Trinajstić information content (AvgIpc) is 3.25. The molecule has 1 aromatic carbocycles. The van der Waals surface area contributed by atoms with Crippen molar-refractivity contribution in [1.29, 1.82) is 0 Å². The number of benzene rings is 1. The zero-order valence-corrected chi connectivity index (χ0v) is 20.0. The van der Waals surface area contributed by atoms with E-state index in [9.17, 15) is 4.79 Å². The van der Waals surface area contributed by atoms with E-state index in [2.05, 4.69) is 19.9 Å². The van der Waals surface area contributed by atoms with Gasteiger partial charge in [0.2, 0.25) is 5.88 Å². The van der Waals surface area contributed by atoms with Crippen LogP contribution in [0.2, 0.25) is 5.02 Å².